The van der Waals surface area contributed by atoms with Gasteiger partial charge in [-0.2, -0.15) is 0 Å². The number of benzene rings is 3. The van der Waals surface area contributed by atoms with Gasteiger partial charge in [-0.05, 0) is 86.0 Å². The molecule has 6 nitrogen and oxygen atoms in total. The Morgan fingerprint density at radius 1 is 0.969 bits per heavy atom. The SMILES string of the molecule is CC[C@@H](Oc1ccc(C)c(C)c1)C(=O)Nc1ccc(S(=O)(=O)Nc2cccc(Cl)c2)cc1. The molecule has 3 rings (SSSR count). The Morgan fingerprint density at radius 3 is 2.31 bits per heavy atom. The molecule has 0 aromatic heterocycles. The number of hydrogen-bond donors (Lipinski definition) is 2. The van der Waals surface area contributed by atoms with Crippen LogP contribution in [-0.2, 0) is 14.8 Å². The van der Waals surface area contributed by atoms with Crippen molar-refractivity contribution in [3.63, 3.8) is 0 Å². The van der Waals surface area contributed by atoms with E-state index in [4.69, 9.17) is 16.3 Å². The summed E-state index contributed by atoms with van der Waals surface area (Å²) in [5.41, 5.74) is 3.07. The molecular weight excluding hydrogens is 448 g/mol. The maximum atomic E-state index is 12.7. The van der Waals surface area contributed by atoms with Gasteiger partial charge < -0.3 is 10.1 Å². The number of anilines is 2. The van der Waals surface area contributed by atoms with Gasteiger partial charge in [0.2, 0.25) is 0 Å². The molecule has 0 aliphatic rings. The largest absolute Gasteiger partial charge is 0.481 e. The molecule has 3 aromatic carbocycles. The number of rotatable bonds is 8. The second-order valence-electron chi connectivity index (χ2n) is 7.39. The number of sulfonamides is 1. The Balaban J connectivity index is 1.67. The first-order valence-corrected chi connectivity index (χ1v) is 12.0. The van der Waals surface area contributed by atoms with Gasteiger partial charge in [0.15, 0.2) is 6.10 Å². The van der Waals surface area contributed by atoms with Gasteiger partial charge in [0.25, 0.3) is 15.9 Å². The Labute approximate surface area is 193 Å². The molecule has 0 spiro atoms. The van der Waals surface area contributed by atoms with Crippen LogP contribution in [0.15, 0.2) is 71.6 Å². The van der Waals surface area contributed by atoms with Crippen molar-refractivity contribution >= 4 is 38.9 Å². The minimum atomic E-state index is -3.79. The fourth-order valence-electron chi connectivity index (χ4n) is 2.98. The Bertz CT molecular complexity index is 1210. The molecule has 0 saturated heterocycles. The first-order chi connectivity index (χ1) is 15.2. The van der Waals surface area contributed by atoms with Crippen molar-refractivity contribution in [1.82, 2.24) is 0 Å². The standard InChI is InChI=1S/C24H25ClN2O4S/c1-4-23(31-21-11-8-16(2)17(3)14-21)24(28)26-19-9-12-22(13-10-19)32(29,30)27-20-7-5-6-18(25)15-20/h5-15,23,27H,4H2,1-3H3,(H,26,28)/t23-/m1/s1. The first kappa shape index (κ1) is 23.6. The Hall–Kier alpha value is -3.03. The van der Waals surface area contributed by atoms with Crippen LogP contribution in [0.3, 0.4) is 0 Å². The zero-order chi connectivity index (χ0) is 23.3. The number of hydrogen-bond acceptors (Lipinski definition) is 4. The van der Waals surface area contributed by atoms with Crippen LogP contribution in [0.1, 0.15) is 24.5 Å². The van der Waals surface area contributed by atoms with Crippen LogP contribution in [0, 0.1) is 13.8 Å². The van der Waals surface area contributed by atoms with Crippen LogP contribution in [0.5, 0.6) is 5.75 Å². The van der Waals surface area contributed by atoms with E-state index in [0.717, 1.165) is 11.1 Å². The number of ether oxygens (including phenoxy) is 1. The van der Waals surface area contributed by atoms with E-state index in [1.165, 1.54) is 30.3 Å². The summed E-state index contributed by atoms with van der Waals surface area (Å²) in [5, 5.41) is 3.21. The molecule has 0 aliphatic carbocycles. The normalized spacial score (nSPS) is 12.1. The quantitative estimate of drug-likeness (QED) is 0.450. The zero-order valence-corrected chi connectivity index (χ0v) is 19.6. The van der Waals surface area contributed by atoms with Crippen molar-refractivity contribution in [3.8, 4) is 5.75 Å². The van der Waals surface area contributed by atoms with E-state index in [1.807, 2.05) is 39.0 Å². The molecule has 0 heterocycles. The number of nitrogens with one attached hydrogen (secondary N) is 2. The molecule has 0 fully saturated rings. The predicted molar refractivity (Wildman–Crippen MR) is 128 cm³/mol. The summed E-state index contributed by atoms with van der Waals surface area (Å²) in [4.78, 5) is 12.7. The highest BCUT2D eigenvalue weighted by Crippen LogP contribution is 2.22. The molecule has 3 aromatic rings. The third kappa shape index (κ3) is 6.02. The summed E-state index contributed by atoms with van der Waals surface area (Å²) in [6.45, 7) is 5.86. The topological polar surface area (TPSA) is 84.5 Å². The summed E-state index contributed by atoms with van der Waals surface area (Å²) >= 11 is 5.91. The minimum absolute atomic E-state index is 0.0638. The highest BCUT2D eigenvalue weighted by Gasteiger charge is 2.20. The van der Waals surface area contributed by atoms with Gasteiger partial charge in [-0.1, -0.05) is 30.7 Å². The Kier molecular flexibility index (Phi) is 7.43. The summed E-state index contributed by atoms with van der Waals surface area (Å²) in [6.07, 6.45) is -0.195. The summed E-state index contributed by atoms with van der Waals surface area (Å²) in [5.74, 6) is 0.321. The number of carbonyl (C=O) groups is 1. The lowest BCUT2D eigenvalue weighted by Crippen LogP contribution is -2.32. The lowest BCUT2D eigenvalue weighted by molar-refractivity contribution is -0.122. The van der Waals surface area contributed by atoms with E-state index >= 15 is 0 Å². The van der Waals surface area contributed by atoms with E-state index in [0.29, 0.717) is 28.6 Å². The van der Waals surface area contributed by atoms with E-state index in [2.05, 4.69) is 10.0 Å². The van der Waals surface area contributed by atoms with E-state index < -0.39 is 16.1 Å². The molecule has 0 radical (unpaired) electrons. The third-order valence-electron chi connectivity index (χ3n) is 4.93. The fraction of sp³-hybridized carbons (Fsp3) is 0.208. The van der Waals surface area contributed by atoms with E-state index in [9.17, 15) is 13.2 Å². The van der Waals surface area contributed by atoms with Crippen LogP contribution in [0.25, 0.3) is 0 Å². The zero-order valence-electron chi connectivity index (χ0n) is 18.1. The maximum absolute atomic E-state index is 12.7. The summed E-state index contributed by atoms with van der Waals surface area (Å²) in [7, 11) is -3.79. The van der Waals surface area contributed by atoms with Crippen molar-refractivity contribution in [2.75, 3.05) is 10.0 Å². The lowest BCUT2D eigenvalue weighted by Gasteiger charge is -2.18. The summed E-state index contributed by atoms with van der Waals surface area (Å²) in [6, 6.07) is 18.1. The molecule has 8 heteroatoms. The second kappa shape index (κ2) is 10.1. The predicted octanol–water partition coefficient (Wildman–Crippen LogP) is 5.55. The monoisotopic (exact) mass is 472 g/mol. The average Bonchev–Trinajstić information content (AvgIpc) is 2.74. The molecule has 168 valence electrons. The highest BCUT2D eigenvalue weighted by molar-refractivity contribution is 7.92. The van der Waals surface area contributed by atoms with Crippen LogP contribution in [-0.4, -0.2) is 20.4 Å². The molecule has 32 heavy (non-hydrogen) atoms. The summed E-state index contributed by atoms with van der Waals surface area (Å²) < 4.78 is 33.5. The van der Waals surface area contributed by atoms with Crippen molar-refractivity contribution in [1.29, 1.82) is 0 Å². The molecule has 0 saturated carbocycles. The molecular formula is C24H25ClN2O4S. The Morgan fingerprint density at radius 2 is 1.69 bits per heavy atom. The number of halogens is 1. The van der Waals surface area contributed by atoms with E-state index in [1.54, 1.807) is 18.2 Å². The molecule has 2 N–H and O–H groups in total. The molecule has 0 unspecified atom stereocenters. The van der Waals surface area contributed by atoms with Crippen molar-refractivity contribution in [3.05, 3.63) is 82.9 Å². The molecule has 1 atom stereocenters. The first-order valence-electron chi connectivity index (χ1n) is 10.1. The van der Waals surface area contributed by atoms with Crippen molar-refractivity contribution in [2.24, 2.45) is 0 Å². The van der Waals surface area contributed by atoms with Gasteiger partial charge in [-0.15, -0.1) is 0 Å². The third-order valence-corrected chi connectivity index (χ3v) is 6.56. The number of carbonyl (C=O) groups excluding carboxylic acids is 1. The van der Waals surface area contributed by atoms with Gasteiger partial charge in [0, 0.05) is 10.7 Å². The van der Waals surface area contributed by atoms with Crippen molar-refractivity contribution < 1.29 is 17.9 Å². The highest BCUT2D eigenvalue weighted by atomic mass is 35.5. The fourth-order valence-corrected chi connectivity index (χ4v) is 4.22. The van der Waals surface area contributed by atoms with Gasteiger partial charge in [-0.3, -0.25) is 9.52 Å². The van der Waals surface area contributed by atoms with Crippen LogP contribution >= 0.6 is 11.6 Å². The van der Waals surface area contributed by atoms with Gasteiger partial charge in [0.1, 0.15) is 5.75 Å². The van der Waals surface area contributed by atoms with Crippen LogP contribution in [0.4, 0.5) is 11.4 Å². The molecule has 0 aliphatic heterocycles. The number of aryl methyl sites for hydroxylation is 2. The molecule has 0 bridgehead atoms. The van der Waals surface area contributed by atoms with Gasteiger partial charge in [0.05, 0.1) is 10.6 Å². The van der Waals surface area contributed by atoms with Crippen LogP contribution < -0.4 is 14.8 Å². The van der Waals surface area contributed by atoms with Crippen molar-refractivity contribution in [2.45, 2.75) is 38.2 Å². The lowest BCUT2D eigenvalue weighted by atomic mass is 10.1. The van der Waals surface area contributed by atoms with Gasteiger partial charge in [-0.25, -0.2) is 8.42 Å². The van der Waals surface area contributed by atoms with E-state index in [-0.39, 0.29) is 10.8 Å². The van der Waals surface area contributed by atoms with Gasteiger partial charge >= 0.3 is 0 Å². The maximum Gasteiger partial charge on any atom is 0.265 e. The second-order valence-corrected chi connectivity index (χ2v) is 9.51. The number of amides is 1. The molecule has 1 amide bonds. The average molecular weight is 473 g/mol. The van der Waals surface area contributed by atoms with Crippen LogP contribution in [0.2, 0.25) is 5.02 Å². The smallest absolute Gasteiger partial charge is 0.265 e. The minimum Gasteiger partial charge on any atom is -0.481 e.